The molecule has 0 aliphatic rings. The largest absolute Gasteiger partial charge is 0.396 e. The van der Waals surface area contributed by atoms with E-state index in [1.807, 2.05) is 13.8 Å². The molecule has 0 aromatic heterocycles. The zero-order chi connectivity index (χ0) is 7.28. The summed E-state index contributed by atoms with van der Waals surface area (Å²) in [4.78, 5) is 0. The van der Waals surface area contributed by atoms with Crippen molar-refractivity contribution in [2.24, 2.45) is 5.92 Å². The molecule has 0 bridgehead atoms. The molecule has 0 saturated heterocycles. The van der Waals surface area contributed by atoms with Crippen molar-refractivity contribution in [2.75, 3.05) is 6.61 Å². The molecular weight excluding hydrogens is 116 g/mol. The fourth-order valence-electron chi connectivity index (χ4n) is 0.709. The number of hydrogen-bond donors (Lipinski definition) is 2. The minimum Gasteiger partial charge on any atom is -0.396 e. The van der Waals surface area contributed by atoms with Crippen LogP contribution in [0.1, 0.15) is 26.7 Å². The Morgan fingerprint density at radius 1 is 1.56 bits per heavy atom. The fourth-order valence-corrected chi connectivity index (χ4v) is 0.709. The summed E-state index contributed by atoms with van der Waals surface area (Å²) >= 11 is 0. The molecule has 0 fully saturated rings. The smallest absolute Gasteiger partial charge is 0.0959 e. The maximum atomic E-state index is 9.06. The van der Waals surface area contributed by atoms with E-state index in [0.29, 0.717) is 18.9 Å². The van der Waals surface area contributed by atoms with Crippen LogP contribution in [0.5, 0.6) is 0 Å². The predicted octanol–water partition coefficient (Wildman–Crippen LogP) is 1.32. The molecule has 2 nitrogen and oxygen atoms in total. The molecule has 0 aromatic carbocycles. The molecule has 1 atom stereocenters. The minimum absolute atomic E-state index is 0.153. The molecule has 2 heteroatoms. The van der Waals surface area contributed by atoms with Crippen LogP contribution in [0.25, 0.3) is 0 Å². The van der Waals surface area contributed by atoms with E-state index < -0.39 is 0 Å². The first kappa shape index (κ1) is 8.92. The Morgan fingerprint density at radius 2 is 2.11 bits per heavy atom. The SMILES string of the molecule is CC[C](O)C(C)CCO. The lowest BCUT2D eigenvalue weighted by Gasteiger charge is -2.13. The van der Waals surface area contributed by atoms with E-state index in [-0.39, 0.29) is 12.5 Å². The van der Waals surface area contributed by atoms with Gasteiger partial charge in [0.25, 0.3) is 0 Å². The summed E-state index contributed by atoms with van der Waals surface area (Å²) in [7, 11) is 0. The van der Waals surface area contributed by atoms with Crippen LogP contribution in [0, 0.1) is 12.0 Å². The third-order valence-corrected chi connectivity index (χ3v) is 1.49. The summed E-state index contributed by atoms with van der Waals surface area (Å²) in [5, 5.41) is 17.5. The van der Waals surface area contributed by atoms with E-state index in [1.165, 1.54) is 0 Å². The highest BCUT2D eigenvalue weighted by Crippen LogP contribution is 2.16. The molecule has 1 unspecified atom stereocenters. The van der Waals surface area contributed by atoms with Gasteiger partial charge >= 0.3 is 0 Å². The Bertz CT molecular complexity index is 63.9. The van der Waals surface area contributed by atoms with Crippen LogP contribution in [0.2, 0.25) is 0 Å². The Morgan fingerprint density at radius 3 is 2.44 bits per heavy atom. The van der Waals surface area contributed by atoms with Crippen LogP contribution in [-0.4, -0.2) is 16.8 Å². The van der Waals surface area contributed by atoms with Crippen LogP contribution in [0.15, 0.2) is 0 Å². The number of aliphatic hydroxyl groups excluding tert-OH is 2. The number of hydrogen-bond acceptors (Lipinski definition) is 2. The van der Waals surface area contributed by atoms with Crippen LogP contribution in [0.3, 0.4) is 0 Å². The van der Waals surface area contributed by atoms with Gasteiger partial charge < -0.3 is 10.2 Å². The average Bonchev–Trinajstić information content (AvgIpc) is 1.87. The van der Waals surface area contributed by atoms with E-state index in [2.05, 4.69) is 0 Å². The second kappa shape index (κ2) is 4.77. The van der Waals surface area contributed by atoms with Gasteiger partial charge in [-0.2, -0.15) is 0 Å². The first-order valence-electron chi connectivity index (χ1n) is 3.37. The van der Waals surface area contributed by atoms with Gasteiger partial charge in [0, 0.05) is 6.61 Å². The van der Waals surface area contributed by atoms with Crippen LogP contribution >= 0.6 is 0 Å². The van der Waals surface area contributed by atoms with Crippen LogP contribution in [0.4, 0.5) is 0 Å². The zero-order valence-electron chi connectivity index (χ0n) is 6.09. The van der Waals surface area contributed by atoms with Gasteiger partial charge in [0.05, 0.1) is 6.10 Å². The van der Waals surface area contributed by atoms with Gasteiger partial charge in [-0.05, 0) is 18.8 Å². The molecule has 55 valence electrons. The third kappa shape index (κ3) is 3.49. The lowest BCUT2D eigenvalue weighted by Crippen LogP contribution is -2.08. The molecule has 2 N–H and O–H groups in total. The maximum absolute atomic E-state index is 9.06. The molecule has 0 aliphatic carbocycles. The van der Waals surface area contributed by atoms with Gasteiger partial charge in [-0.25, -0.2) is 0 Å². The van der Waals surface area contributed by atoms with Crippen molar-refractivity contribution >= 4 is 0 Å². The van der Waals surface area contributed by atoms with Crippen molar-refractivity contribution in [2.45, 2.75) is 26.7 Å². The van der Waals surface area contributed by atoms with Gasteiger partial charge in [0.1, 0.15) is 0 Å². The van der Waals surface area contributed by atoms with Gasteiger partial charge in [-0.3, -0.25) is 0 Å². The third-order valence-electron chi connectivity index (χ3n) is 1.49. The standard InChI is InChI=1S/C7H15O2/c1-3-7(9)6(2)4-5-8/h6,8-9H,3-5H2,1-2H3. The molecule has 0 heterocycles. The summed E-state index contributed by atoms with van der Waals surface area (Å²) in [6.45, 7) is 3.98. The lowest BCUT2D eigenvalue weighted by atomic mass is 10.00. The zero-order valence-corrected chi connectivity index (χ0v) is 6.09. The molecule has 0 rings (SSSR count). The molecule has 0 amide bonds. The molecule has 1 radical (unpaired) electrons. The highest BCUT2D eigenvalue weighted by molar-refractivity contribution is 4.79. The van der Waals surface area contributed by atoms with Crippen molar-refractivity contribution in [1.82, 2.24) is 0 Å². The number of aliphatic hydroxyl groups is 2. The van der Waals surface area contributed by atoms with Crippen LogP contribution < -0.4 is 0 Å². The fraction of sp³-hybridized carbons (Fsp3) is 0.857. The number of rotatable bonds is 4. The summed E-state index contributed by atoms with van der Waals surface area (Å²) < 4.78 is 0. The topological polar surface area (TPSA) is 40.5 Å². The van der Waals surface area contributed by atoms with Crippen molar-refractivity contribution in [3.8, 4) is 0 Å². The summed E-state index contributed by atoms with van der Waals surface area (Å²) in [5.74, 6) is 0.153. The molecular formula is C7H15O2. The van der Waals surface area contributed by atoms with Gasteiger partial charge in [-0.1, -0.05) is 13.8 Å². The molecule has 0 saturated carbocycles. The molecule has 9 heavy (non-hydrogen) atoms. The first-order valence-corrected chi connectivity index (χ1v) is 3.37. The highest BCUT2D eigenvalue weighted by atomic mass is 16.3. The summed E-state index contributed by atoms with van der Waals surface area (Å²) in [5.41, 5.74) is 0. The van der Waals surface area contributed by atoms with Crippen molar-refractivity contribution in [1.29, 1.82) is 0 Å². The van der Waals surface area contributed by atoms with Gasteiger partial charge in [0.15, 0.2) is 0 Å². The molecule has 0 aliphatic heterocycles. The maximum Gasteiger partial charge on any atom is 0.0959 e. The van der Waals surface area contributed by atoms with Crippen LogP contribution in [-0.2, 0) is 0 Å². The first-order chi connectivity index (χ1) is 4.22. The van der Waals surface area contributed by atoms with E-state index in [0.717, 1.165) is 0 Å². The van der Waals surface area contributed by atoms with E-state index >= 15 is 0 Å². The monoisotopic (exact) mass is 131 g/mol. The molecule has 0 spiro atoms. The van der Waals surface area contributed by atoms with Crippen molar-refractivity contribution < 1.29 is 10.2 Å². The second-order valence-electron chi connectivity index (χ2n) is 2.26. The summed E-state index contributed by atoms with van der Waals surface area (Å²) in [6, 6.07) is 0. The van der Waals surface area contributed by atoms with Gasteiger partial charge in [0.2, 0.25) is 0 Å². The minimum atomic E-state index is 0.153. The van der Waals surface area contributed by atoms with Crippen molar-refractivity contribution in [3.05, 3.63) is 6.10 Å². The Balaban J connectivity index is 3.32. The lowest BCUT2D eigenvalue weighted by molar-refractivity contribution is 0.188. The summed E-state index contributed by atoms with van der Waals surface area (Å²) in [6.07, 6.45) is 1.85. The van der Waals surface area contributed by atoms with E-state index in [1.54, 1.807) is 0 Å². The quantitative estimate of drug-likeness (QED) is 0.604. The molecule has 0 aromatic rings. The predicted molar refractivity (Wildman–Crippen MR) is 36.3 cm³/mol. The Labute approximate surface area is 56.5 Å². The van der Waals surface area contributed by atoms with E-state index in [9.17, 15) is 0 Å². The Hall–Kier alpha value is -0.0800. The highest BCUT2D eigenvalue weighted by Gasteiger charge is 2.11. The second-order valence-corrected chi connectivity index (χ2v) is 2.26. The Kier molecular flexibility index (Phi) is 4.72. The van der Waals surface area contributed by atoms with Gasteiger partial charge in [-0.15, -0.1) is 0 Å². The normalized spacial score (nSPS) is 14.3. The van der Waals surface area contributed by atoms with Crippen molar-refractivity contribution in [3.63, 3.8) is 0 Å². The van der Waals surface area contributed by atoms with E-state index in [4.69, 9.17) is 10.2 Å². The average molecular weight is 131 g/mol.